The van der Waals surface area contributed by atoms with Crippen LogP contribution in [0.1, 0.15) is 31.7 Å². The number of urea groups is 1. The molecule has 0 bridgehead atoms. The van der Waals surface area contributed by atoms with Crippen molar-refractivity contribution in [3.05, 3.63) is 48.0 Å². The first-order valence-corrected chi connectivity index (χ1v) is 12.0. The number of rotatable bonds is 8. The van der Waals surface area contributed by atoms with Crippen LogP contribution in [0, 0.1) is 5.92 Å². The lowest BCUT2D eigenvalue weighted by molar-refractivity contribution is -0.140. The van der Waals surface area contributed by atoms with Crippen LogP contribution in [0.5, 0.6) is 11.5 Å². The number of nitrogens with zero attached hydrogens (tertiary/aromatic N) is 2. The number of anilines is 2. The summed E-state index contributed by atoms with van der Waals surface area (Å²) in [6.45, 7) is 5.65. The molecule has 4 rings (SSSR count). The molecule has 0 unspecified atom stereocenters. The molecule has 35 heavy (non-hydrogen) atoms. The lowest BCUT2D eigenvalue weighted by atomic mass is 9.94. The second-order valence-corrected chi connectivity index (χ2v) is 9.18. The maximum Gasteiger partial charge on any atom is 0.329 e. The van der Waals surface area contributed by atoms with Crippen molar-refractivity contribution in [3.63, 3.8) is 0 Å². The molecule has 0 spiro atoms. The van der Waals surface area contributed by atoms with Gasteiger partial charge in [0.15, 0.2) is 0 Å². The number of piperidine rings is 1. The Labute approximate surface area is 206 Å². The van der Waals surface area contributed by atoms with Crippen LogP contribution in [0.2, 0.25) is 0 Å². The molecule has 3 amide bonds. The Hall–Kier alpha value is -3.30. The van der Waals surface area contributed by atoms with Crippen LogP contribution in [0.25, 0.3) is 0 Å². The van der Waals surface area contributed by atoms with Gasteiger partial charge in [-0.15, -0.1) is 0 Å². The molecule has 2 heterocycles. The summed E-state index contributed by atoms with van der Waals surface area (Å²) in [7, 11) is 2.97. The molecule has 1 saturated heterocycles. The predicted molar refractivity (Wildman–Crippen MR) is 134 cm³/mol. The molecule has 0 radical (unpaired) electrons. The van der Waals surface area contributed by atoms with Gasteiger partial charge in [0, 0.05) is 24.7 Å². The fraction of sp³-hybridized carbons (Fsp3) is 0.462. The summed E-state index contributed by atoms with van der Waals surface area (Å²) in [5.41, 5.74) is -1.39. The van der Waals surface area contributed by atoms with Crippen molar-refractivity contribution < 1.29 is 24.2 Å². The zero-order valence-corrected chi connectivity index (χ0v) is 20.5. The number of carbonyl (C=O) groups is 2. The molecule has 9 nitrogen and oxygen atoms in total. The minimum atomic E-state index is -2.28. The van der Waals surface area contributed by atoms with E-state index in [1.807, 2.05) is 0 Å². The third kappa shape index (κ3) is 4.92. The van der Waals surface area contributed by atoms with E-state index in [0.29, 0.717) is 23.9 Å². The van der Waals surface area contributed by atoms with Crippen molar-refractivity contribution in [2.24, 2.45) is 5.92 Å². The number of fused-ring (bicyclic) bond motifs is 1. The smallest absolute Gasteiger partial charge is 0.329 e. The first-order valence-electron chi connectivity index (χ1n) is 12.0. The van der Waals surface area contributed by atoms with Crippen molar-refractivity contribution in [1.29, 1.82) is 0 Å². The molecule has 2 atom stereocenters. The van der Waals surface area contributed by atoms with E-state index in [0.717, 1.165) is 31.0 Å². The summed E-state index contributed by atoms with van der Waals surface area (Å²) < 4.78 is 10.7. The van der Waals surface area contributed by atoms with Gasteiger partial charge in [0.2, 0.25) is 0 Å². The summed E-state index contributed by atoms with van der Waals surface area (Å²) in [6.07, 6.45) is 3.19. The van der Waals surface area contributed by atoms with Gasteiger partial charge in [0.25, 0.3) is 11.6 Å². The average molecular weight is 483 g/mol. The van der Waals surface area contributed by atoms with Crippen LogP contribution in [0.3, 0.4) is 0 Å². The van der Waals surface area contributed by atoms with Crippen molar-refractivity contribution >= 4 is 23.3 Å². The molecule has 9 heteroatoms. The summed E-state index contributed by atoms with van der Waals surface area (Å²) in [5, 5.41) is 17.6. The summed E-state index contributed by atoms with van der Waals surface area (Å²) in [6, 6.07) is 10.9. The summed E-state index contributed by atoms with van der Waals surface area (Å²) in [4.78, 5) is 30.3. The van der Waals surface area contributed by atoms with Gasteiger partial charge >= 0.3 is 6.03 Å². The molecule has 0 aromatic heterocycles. The Morgan fingerprint density at radius 3 is 2.77 bits per heavy atom. The molecule has 2 aromatic rings. The minimum Gasteiger partial charge on any atom is -0.497 e. The van der Waals surface area contributed by atoms with Gasteiger partial charge in [0.05, 0.1) is 25.6 Å². The van der Waals surface area contributed by atoms with E-state index in [1.54, 1.807) is 42.5 Å². The van der Waals surface area contributed by atoms with E-state index in [-0.39, 0.29) is 17.0 Å². The highest BCUT2D eigenvalue weighted by atomic mass is 16.5. The number of carbonyl (C=O) groups excluding carboxylic acids is 2. The van der Waals surface area contributed by atoms with Crippen LogP contribution in [-0.4, -0.2) is 62.3 Å². The highest BCUT2D eigenvalue weighted by molar-refractivity contribution is 6.12. The quantitative estimate of drug-likeness (QED) is 0.500. The van der Waals surface area contributed by atoms with Gasteiger partial charge in [-0.3, -0.25) is 4.79 Å². The van der Waals surface area contributed by atoms with Gasteiger partial charge in [-0.2, -0.15) is 0 Å². The molecule has 3 N–H and O–H groups in total. The van der Waals surface area contributed by atoms with Crippen LogP contribution >= 0.6 is 0 Å². The second kappa shape index (κ2) is 10.5. The van der Waals surface area contributed by atoms with Crippen molar-refractivity contribution in [2.45, 2.75) is 31.9 Å². The number of nitrogens with one attached hydrogen (secondary N) is 2. The standard InChI is InChI=1S/C26H34N4O5/c1-18-8-6-14-29(17-18)15-7-13-27-24(31)26(33)20-9-4-5-10-21(20)28-25(32)30(26)22-12-11-19(34-2)16-23(22)35-3/h4-5,9-12,16,18,33H,6-8,13-15,17H2,1-3H3,(H,27,31)(H,28,32)/t18-,26-/m0/s1. The molecule has 2 aromatic carbocycles. The molecular weight excluding hydrogens is 448 g/mol. The largest absolute Gasteiger partial charge is 0.497 e. The van der Waals surface area contributed by atoms with Crippen LogP contribution in [-0.2, 0) is 10.5 Å². The fourth-order valence-corrected chi connectivity index (χ4v) is 4.93. The third-order valence-corrected chi connectivity index (χ3v) is 6.69. The monoisotopic (exact) mass is 482 g/mol. The Kier molecular flexibility index (Phi) is 7.47. The van der Waals surface area contributed by atoms with E-state index in [4.69, 9.17) is 9.47 Å². The van der Waals surface area contributed by atoms with E-state index in [2.05, 4.69) is 22.5 Å². The Morgan fingerprint density at radius 1 is 1.23 bits per heavy atom. The third-order valence-electron chi connectivity index (χ3n) is 6.69. The first kappa shape index (κ1) is 24.8. The average Bonchev–Trinajstić information content (AvgIpc) is 2.86. The molecule has 188 valence electrons. The maximum atomic E-state index is 13.6. The topological polar surface area (TPSA) is 103 Å². The number of para-hydroxylation sites is 1. The van der Waals surface area contributed by atoms with Crippen molar-refractivity contribution in [3.8, 4) is 11.5 Å². The summed E-state index contributed by atoms with van der Waals surface area (Å²) in [5.74, 6) is 0.807. The minimum absolute atomic E-state index is 0.236. The van der Waals surface area contributed by atoms with E-state index >= 15 is 0 Å². The van der Waals surface area contributed by atoms with Gasteiger partial charge < -0.3 is 30.1 Å². The highest BCUT2D eigenvalue weighted by Crippen LogP contribution is 2.43. The van der Waals surface area contributed by atoms with Gasteiger partial charge in [0.1, 0.15) is 11.5 Å². The van der Waals surface area contributed by atoms with Crippen molar-refractivity contribution in [2.75, 3.05) is 50.6 Å². The van der Waals surface area contributed by atoms with Gasteiger partial charge in [-0.1, -0.05) is 25.1 Å². The molecule has 1 fully saturated rings. The van der Waals surface area contributed by atoms with Crippen LogP contribution < -0.4 is 25.0 Å². The molecule has 2 aliphatic rings. The van der Waals surface area contributed by atoms with Crippen LogP contribution in [0.15, 0.2) is 42.5 Å². The predicted octanol–water partition coefficient (Wildman–Crippen LogP) is 3.14. The Balaban J connectivity index is 1.60. The van der Waals surface area contributed by atoms with E-state index in [9.17, 15) is 14.7 Å². The van der Waals surface area contributed by atoms with Crippen molar-refractivity contribution in [1.82, 2.24) is 10.2 Å². The number of ether oxygens (including phenoxy) is 2. The van der Waals surface area contributed by atoms with Gasteiger partial charge in [-0.25, -0.2) is 9.69 Å². The Bertz CT molecular complexity index is 1080. The lowest BCUT2D eigenvalue weighted by Crippen LogP contribution is -2.62. The number of methoxy groups -OCH3 is 2. The normalized spacial score (nSPS) is 22.2. The maximum absolute atomic E-state index is 13.6. The lowest BCUT2D eigenvalue weighted by Gasteiger charge is -2.43. The zero-order valence-electron chi connectivity index (χ0n) is 20.5. The second-order valence-electron chi connectivity index (χ2n) is 9.18. The van der Waals surface area contributed by atoms with E-state index < -0.39 is 17.7 Å². The molecule has 0 saturated carbocycles. The molecule has 2 aliphatic heterocycles. The number of amides is 3. The fourth-order valence-electron chi connectivity index (χ4n) is 4.93. The highest BCUT2D eigenvalue weighted by Gasteiger charge is 2.52. The van der Waals surface area contributed by atoms with Gasteiger partial charge in [-0.05, 0) is 56.5 Å². The number of hydrogen-bond donors (Lipinski definition) is 3. The van der Waals surface area contributed by atoms with E-state index in [1.165, 1.54) is 27.1 Å². The SMILES string of the molecule is COc1ccc(N2C(=O)Nc3ccccc3[C@]2(O)C(=O)NCCCN2CCC[C@H](C)C2)c(OC)c1. The number of likely N-dealkylation sites (tertiary alicyclic amines) is 1. The first-order chi connectivity index (χ1) is 16.9. The zero-order chi connectivity index (χ0) is 25.0. The Morgan fingerprint density at radius 2 is 2.03 bits per heavy atom. The number of aliphatic hydroxyl groups is 1. The summed E-state index contributed by atoms with van der Waals surface area (Å²) >= 11 is 0. The molecule has 0 aliphatic carbocycles. The number of hydrogen-bond acceptors (Lipinski definition) is 6. The van der Waals surface area contributed by atoms with Crippen LogP contribution in [0.4, 0.5) is 16.2 Å². The number of benzene rings is 2. The molecular formula is C26H34N4O5.